The van der Waals surface area contributed by atoms with Gasteiger partial charge in [0.15, 0.2) is 0 Å². The van der Waals surface area contributed by atoms with E-state index in [1.54, 1.807) is 12.3 Å². The molecule has 2 nitrogen and oxygen atoms in total. The van der Waals surface area contributed by atoms with Crippen molar-refractivity contribution in [1.29, 1.82) is 0 Å². The largest absolute Gasteiger partial charge is 0.313 e. The van der Waals surface area contributed by atoms with Gasteiger partial charge in [0.05, 0.1) is 6.20 Å². The Balaban J connectivity index is 2.09. The summed E-state index contributed by atoms with van der Waals surface area (Å²) in [7, 11) is 1.86. The maximum atomic E-state index is 13.7. The molecule has 3 heteroatoms. The lowest BCUT2D eigenvalue weighted by molar-refractivity contribution is 0.506. The van der Waals surface area contributed by atoms with Gasteiger partial charge in [0.1, 0.15) is 5.82 Å². The van der Waals surface area contributed by atoms with Crippen LogP contribution in [0.2, 0.25) is 0 Å². The second-order valence-corrected chi connectivity index (χ2v) is 4.70. The van der Waals surface area contributed by atoms with Gasteiger partial charge in [-0.15, -0.1) is 0 Å². The summed E-state index contributed by atoms with van der Waals surface area (Å²) >= 11 is 0. The van der Waals surface area contributed by atoms with Gasteiger partial charge < -0.3 is 5.32 Å². The summed E-state index contributed by atoms with van der Waals surface area (Å²) in [5, 5.41) is 3.18. The highest BCUT2D eigenvalue weighted by molar-refractivity contribution is 5.26. The van der Waals surface area contributed by atoms with Gasteiger partial charge >= 0.3 is 0 Å². The molecule has 2 aromatic rings. The van der Waals surface area contributed by atoms with Gasteiger partial charge in [-0.2, -0.15) is 0 Å². The Labute approximate surface area is 113 Å². The van der Waals surface area contributed by atoms with Gasteiger partial charge in [-0.1, -0.05) is 24.3 Å². The van der Waals surface area contributed by atoms with E-state index in [-0.39, 0.29) is 11.9 Å². The lowest BCUT2D eigenvalue weighted by atomic mass is 9.97. The minimum atomic E-state index is -0.244. The van der Waals surface area contributed by atoms with E-state index in [0.717, 1.165) is 12.8 Å². The molecule has 1 aromatic heterocycles. The van der Waals surface area contributed by atoms with Gasteiger partial charge in [0, 0.05) is 17.8 Å². The summed E-state index contributed by atoms with van der Waals surface area (Å²) in [4.78, 5) is 3.79. The maximum Gasteiger partial charge on any atom is 0.146 e. The molecule has 0 aliphatic carbocycles. The molecule has 1 atom stereocenters. The zero-order valence-electron chi connectivity index (χ0n) is 11.4. The molecule has 0 saturated carbocycles. The van der Waals surface area contributed by atoms with Gasteiger partial charge in [-0.05, 0) is 44.0 Å². The average molecular weight is 258 g/mol. The highest BCUT2D eigenvalue weighted by Gasteiger charge is 2.14. The minimum absolute atomic E-state index is 0.0163. The third-order valence-electron chi connectivity index (χ3n) is 3.49. The SMILES string of the molecule is CNC(CCc1ccccc1C)c1ccncc1F. The van der Waals surface area contributed by atoms with Gasteiger partial charge in [0.2, 0.25) is 0 Å². The predicted octanol–water partition coefficient (Wildman–Crippen LogP) is 3.42. The predicted molar refractivity (Wildman–Crippen MR) is 75.5 cm³/mol. The van der Waals surface area contributed by atoms with Crippen LogP contribution in [0.25, 0.3) is 0 Å². The summed E-state index contributed by atoms with van der Waals surface area (Å²) in [6, 6.07) is 10.1. The van der Waals surface area contributed by atoms with Crippen LogP contribution in [-0.4, -0.2) is 12.0 Å². The highest BCUT2D eigenvalue weighted by atomic mass is 19.1. The number of halogens is 1. The van der Waals surface area contributed by atoms with Gasteiger partial charge in [-0.25, -0.2) is 4.39 Å². The van der Waals surface area contributed by atoms with E-state index >= 15 is 0 Å². The molecule has 0 aliphatic rings. The molecule has 0 amide bonds. The minimum Gasteiger partial charge on any atom is -0.313 e. The first-order valence-corrected chi connectivity index (χ1v) is 6.53. The third-order valence-corrected chi connectivity index (χ3v) is 3.49. The Kier molecular flexibility index (Phi) is 4.63. The second kappa shape index (κ2) is 6.43. The number of benzene rings is 1. The first kappa shape index (κ1) is 13.7. The molecule has 19 heavy (non-hydrogen) atoms. The Morgan fingerprint density at radius 2 is 2.05 bits per heavy atom. The zero-order valence-corrected chi connectivity index (χ0v) is 11.4. The van der Waals surface area contributed by atoms with Crippen molar-refractivity contribution in [3.8, 4) is 0 Å². The molecular weight excluding hydrogens is 239 g/mol. The first-order valence-electron chi connectivity index (χ1n) is 6.53. The van der Waals surface area contributed by atoms with E-state index in [2.05, 4.69) is 29.4 Å². The average Bonchev–Trinajstić information content (AvgIpc) is 2.43. The second-order valence-electron chi connectivity index (χ2n) is 4.70. The summed E-state index contributed by atoms with van der Waals surface area (Å²) in [6.45, 7) is 2.11. The standard InChI is InChI=1S/C16H19FN2/c1-12-5-3-4-6-13(12)7-8-16(18-2)14-9-10-19-11-15(14)17/h3-6,9-11,16,18H,7-8H2,1-2H3. The van der Waals surface area contributed by atoms with E-state index in [1.807, 2.05) is 19.2 Å². The Morgan fingerprint density at radius 1 is 1.26 bits per heavy atom. The number of hydrogen-bond acceptors (Lipinski definition) is 2. The van der Waals surface area contributed by atoms with Crippen LogP contribution in [0.3, 0.4) is 0 Å². The Morgan fingerprint density at radius 3 is 2.74 bits per heavy atom. The Bertz CT molecular complexity index is 540. The number of rotatable bonds is 5. The summed E-state index contributed by atoms with van der Waals surface area (Å²) < 4.78 is 13.7. The highest BCUT2D eigenvalue weighted by Crippen LogP contribution is 2.21. The fourth-order valence-electron chi connectivity index (χ4n) is 2.31. The summed E-state index contributed by atoms with van der Waals surface area (Å²) in [6.07, 6.45) is 4.70. The molecule has 0 saturated heterocycles. The molecular formula is C16H19FN2. The molecule has 1 heterocycles. The molecule has 0 bridgehead atoms. The van der Waals surface area contributed by atoms with E-state index in [0.29, 0.717) is 5.56 Å². The summed E-state index contributed by atoms with van der Waals surface area (Å²) in [5.74, 6) is -0.244. The maximum absolute atomic E-state index is 13.7. The van der Waals surface area contributed by atoms with Crippen molar-refractivity contribution in [1.82, 2.24) is 10.3 Å². The number of aromatic nitrogens is 1. The zero-order chi connectivity index (χ0) is 13.7. The lowest BCUT2D eigenvalue weighted by Gasteiger charge is -2.17. The molecule has 2 rings (SSSR count). The van der Waals surface area contributed by atoms with E-state index < -0.39 is 0 Å². The van der Waals surface area contributed by atoms with E-state index in [1.165, 1.54) is 17.3 Å². The van der Waals surface area contributed by atoms with Crippen molar-refractivity contribution in [2.24, 2.45) is 0 Å². The number of aryl methyl sites for hydroxylation is 2. The lowest BCUT2D eigenvalue weighted by Crippen LogP contribution is -2.18. The monoisotopic (exact) mass is 258 g/mol. The molecule has 0 radical (unpaired) electrons. The number of hydrogen-bond donors (Lipinski definition) is 1. The van der Waals surface area contributed by atoms with Crippen molar-refractivity contribution >= 4 is 0 Å². The molecule has 100 valence electrons. The van der Waals surface area contributed by atoms with Crippen molar-refractivity contribution in [2.75, 3.05) is 7.05 Å². The number of nitrogens with zero attached hydrogens (tertiary/aromatic N) is 1. The van der Waals surface area contributed by atoms with E-state index in [9.17, 15) is 4.39 Å². The van der Waals surface area contributed by atoms with Crippen LogP contribution in [0.15, 0.2) is 42.7 Å². The first-order chi connectivity index (χ1) is 9.22. The van der Waals surface area contributed by atoms with Crippen LogP contribution >= 0.6 is 0 Å². The molecule has 0 fully saturated rings. The Hall–Kier alpha value is -1.74. The van der Waals surface area contributed by atoms with Gasteiger partial charge in [0.25, 0.3) is 0 Å². The topological polar surface area (TPSA) is 24.9 Å². The van der Waals surface area contributed by atoms with E-state index in [4.69, 9.17) is 0 Å². The molecule has 0 spiro atoms. The normalized spacial score (nSPS) is 12.4. The number of pyridine rings is 1. The van der Waals surface area contributed by atoms with Crippen molar-refractivity contribution in [3.05, 3.63) is 65.2 Å². The van der Waals surface area contributed by atoms with Crippen LogP contribution in [0.4, 0.5) is 4.39 Å². The molecule has 0 aliphatic heterocycles. The number of nitrogens with one attached hydrogen (secondary N) is 1. The van der Waals surface area contributed by atoms with Crippen molar-refractivity contribution in [2.45, 2.75) is 25.8 Å². The van der Waals surface area contributed by atoms with Crippen LogP contribution in [-0.2, 0) is 6.42 Å². The van der Waals surface area contributed by atoms with Crippen molar-refractivity contribution < 1.29 is 4.39 Å². The molecule has 1 unspecified atom stereocenters. The van der Waals surface area contributed by atoms with Crippen LogP contribution in [0.5, 0.6) is 0 Å². The van der Waals surface area contributed by atoms with Crippen molar-refractivity contribution in [3.63, 3.8) is 0 Å². The van der Waals surface area contributed by atoms with Crippen LogP contribution in [0.1, 0.15) is 29.2 Å². The fraction of sp³-hybridized carbons (Fsp3) is 0.312. The van der Waals surface area contributed by atoms with Crippen LogP contribution in [0, 0.1) is 12.7 Å². The van der Waals surface area contributed by atoms with Gasteiger partial charge in [-0.3, -0.25) is 4.98 Å². The smallest absolute Gasteiger partial charge is 0.146 e. The molecule has 1 N–H and O–H groups in total. The van der Waals surface area contributed by atoms with Crippen LogP contribution < -0.4 is 5.32 Å². The fourth-order valence-corrected chi connectivity index (χ4v) is 2.31. The quantitative estimate of drug-likeness (QED) is 0.888. The third kappa shape index (κ3) is 3.38. The molecule has 1 aromatic carbocycles. The summed E-state index contributed by atoms with van der Waals surface area (Å²) in [5.41, 5.74) is 3.29.